The highest BCUT2D eigenvalue weighted by Gasteiger charge is 2.50. The van der Waals surface area contributed by atoms with E-state index in [-0.39, 0.29) is 6.42 Å². The minimum absolute atomic E-state index is 0.281. The lowest BCUT2D eigenvalue weighted by molar-refractivity contribution is -0.187. The summed E-state index contributed by atoms with van der Waals surface area (Å²) in [5.74, 6) is -2.62. The maximum absolute atomic E-state index is 13.4. The summed E-state index contributed by atoms with van der Waals surface area (Å²) in [6.45, 7) is -4.64. The van der Waals surface area contributed by atoms with Crippen molar-refractivity contribution in [3.05, 3.63) is 33.4 Å². The Morgan fingerprint density at radius 3 is 2.64 bits per heavy atom. The molecule has 0 fully saturated rings. The third kappa shape index (κ3) is 2.56. The number of halogens is 4. The number of fused-ring (bicyclic) bond motifs is 1. The van der Waals surface area contributed by atoms with Gasteiger partial charge < -0.3 is 9.84 Å². The summed E-state index contributed by atoms with van der Waals surface area (Å²) in [7, 11) is 0. The van der Waals surface area contributed by atoms with Crippen LogP contribution in [0.4, 0.5) is 13.2 Å². The molecule has 0 saturated heterocycles. The van der Waals surface area contributed by atoms with Gasteiger partial charge in [0.25, 0.3) is 0 Å². The third-order valence-electron chi connectivity index (χ3n) is 3.24. The van der Waals surface area contributed by atoms with Gasteiger partial charge in [-0.3, -0.25) is 0 Å². The van der Waals surface area contributed by atoms with Gasteiger partial charge in [0.05, 0.1) is 5.57 Å². The predicted molar refractivity (Wildman–Crippen MR) is 76.2 cm³/mol. The highest BCUT2D eigenvalue weighted by molar-refractivity contribution is 6.32. The van der Waals surface area contributed by atoms with Gasteiger partial charge in [0.15, 0.2) is 0 Å². The molecule has 1 atom stereocenters. The van der Waals surface area contributed by atoms with Crippen LogP contribution in [0, 0.1) is 13.7 Å². The van der Waals surface area contributed by atoms with Crippen molar-refractivity contribution in [3.8, 4) is 5.75 Å². The third-order valence-corrected chi connectivity index (χ3v) is 3.64. The van der Waals surface area contributed by atoms with E-state index in [1.54, 1.807) is 0 Å². The number of carbonyl (C=O) groups is 1. The van der Waals surface area contributed by atoms with Crippen molar-refractivity contribution in [2.24, 2.45) is 0 Å². The fraction of sp³-hybridized carbons (Fsp3) is 0.400. The van der Waals surface area contributed by atoms with Crippen molar-refractivity contribution in [1.82, 2.24) is 0 Å². The number of hydrogen-bond donors (Lipinski definition) is 1. The first kappa shape index (κ1) is 10.2. The highest BCUT2D eigenvalue weighted by Crippen LogP contribution is 2.46. The van der Waals surface area contributed by atoms with Gasteiger partial charge >= 0.3 is 12.1 Å². The molecular formula is C15H14ClF3O3. The molecule has 1 aromatic carbocycles. The number of ether oxygens (including phenoxy) is 1. The first-order valence-electron chi connectivity index (χ1n) is 9.09. The molecule has 7 heteroatoms. The normalized spacial score (nSPS) is 23.2. The van der Waals surface area contributed by atoms with Crippen molar-refractivity contribution >= 4 is 23.1 Å². The number of aryl methyl sites for hydroxylation is 1. The van der Waals surface area contributed by atoms with E-state index < -0.39 is 70.6 Å². The summed E-state index contributed by atoms with van der Waals surface area (Å²) in [5, 5.41) is 8.65. The van der Waals surface area contributed by atoms with Crippen LogP contribution in [0.5, 0.6) is 5.75 Å². The van der Waals surface area contributed by atoms with E-state index >= 15 is 0 Å². The number of rotatable bonds is 2. The Morgan fingerprint density at radius 1 is 1.50 bits per heavy atom. The molecule has 0 aliphatic carbocycles. The van der Waals surface area contributed by atoms with E-state index in [1.165, 1.54) is 6.92 Å². The fourth-order valence-corrected chi connectivity index (χ4v) is 2.49. The van der Waals surface area contributed by atoms with Crippen LogP contribution in [-0.4, -0.2) is 23.4 Å². The van der Waals surface area contributed by atoms with Crippen LogP contribution in [0.1, 0.15) is 38.3 Å². The highest BCUT2D eigenvalue weighted by atomic mass is 35.5. The van der Waals surface area contributed by atoms with Gasteiger partial charge in [-0.2, -0.15) is 13.2 Å². The topological polar surface area (TPSA) is 46.5 Å². The molecule has 1 aromatic rings. The summed E-state index contributed by atoms with van der Waals surface area (Å²) in [6, 6.07) is 0.715. The van der Waals surface area contributed by atoms with E-state index in [1.807, 2.05) is 0 Å². The summed E-state index contributed by atoms with van der Waals surface area (Å²) in [5.41, 5.74) is -3.49. The quantitative estimate of drug-likeness (QED) is 0.860. The Balaban J connectivity index is 3.05. The molecule has 0 aromatic heterocycles. The minimum atomic E-state index is -5.13. The summed E-state index contributed by atoms with van der Waals surface area (Å²) in [6.07, 6.45) is -8.30. The molecule has 2 rings (SSSR count). The molecular weight excluding hydrogens is 321 g/mol. The van der Waals surface area contributed by atoms with E-state index in [9.17, 15) is 23.1 Å². The molecule has 1 unspecified atom stereocenters. The van der Waals surface area contributed by atoms with Gasteiger partial charge in [0.2, 0.25) is 6.10 Å². The second kappa shape index (κ2) is 5.50. The van der Waals surface area contributed by atoms with Crippen molar-refractivity contribution in [2.45, 2.75) is 39.3 Å². The molecule has 1 aliphatic rings. The zero-order chi connectivity index (χ0) is 21.8. The minimum Gasteiger partial charge on any atom is -0.478 e. The Hall–Kier alpha value is -1.69. The number of carboxylic acid groups (broad SMARTS) is 1. The lowest BCUT2D eigenvalue weighted by Gasteiger charge is -2.32. The van der Waals surface area contributed by atoms with Crippen molar-refractivity contribution < 1.29 is 36.0 Å². The van der Waals surface area contributed by atoms with Crippen molar-refractivity contribution in [2.75, 3.05) is 0 Å². The molecule has 1 aliphatic heterocycles. The molecule has 1 N–H and O–H groups in total. The van der Waals surface area contributed by atoms with Crippen LogP contribution < -0.4 is 4.74 Å². The van der Waals surface area contributed by atoms with Gasteiger partial charge in [-0.25, -0.2) is 4.79 Å². The van der Waals surface area contributed by atoms with Crippen LogP contribution in [0.25, 0.3) is 5.57 Å². The zero-order valence-electron chi connectivity index (χ0n) is 17.1. The van der Waals surface area contributed by atoms with E-state index in [0.717, 1.165) is 0 Å². The summed E-state index contributed by atoms with van der Waals surface area (Å²) < 4.78 is 90.6. The smallest absolute Gasteiger partial charge is 0.430 e. The number of aliphatic carboxylic acids is 1. The van der Waals surface area contributed by atoms with Gasteiger partial charge in [-0.15, -0.1) is 0 Å². The first-order chi connectivity index (χ1) is 12.5. The van der Waals surface area contributed by atoms with Gasteiger partial charge in [-0.05, 0) is 42.9 Å². The van der Waals surface area contributed by atoms with E-state index in [2.05, 4.69) is 0 Å². The average Bonchev–Trinajstić information content (AvgIpc) is 2.48. The SMILES string of the molecule is [2H]C([2H])([2H])c1cc2c(c(C([2H])([2H])[2H])c1Cl)C(CC)=C(C(=O)O)C(C(F)(F)F)O2. The molecule has 22 heavy (non-hydrogen) atoms. The number of allylic oxidation sites excluding steroid dienone is 1. The Morgan fingerprint density at radius 2 is 2.18 bits per heavy atom. The lowest BCUT2D eigenvalue weighted by Crippen LogP contribution is -2.41. The largest absolute Gasteiger partial charge is 0.478 e. The number of carboxylic acids is 1. The Labute approximate surface area is 138 Å². The Bertz CT molecular complexity index is 859. The number of alkyl halides is 3. The van der Waals surface area contributed by atoms with E-state index in [4.69, 9.17) is 24.6 Å². The van der Waals surface area contributed by atoms with Crippen LogP contribution in [-0.2, 0) is 4.79 Å². The van der Waals surface area contributed by atoms with Crippen LogP contribution in [0.2, 0.25) is 5.02 Å². The maximum Gasteiger partial charge on any atom is 0.430 e. The van der Waals surface area contributed by atoms with Crippen LogP contribution in [0.3, 0.4) is 0 Å². The van der Waals surface area contributed by atoms with Crippen molar-refractivity contribution in [1.29, 1.82) is 0 Å². The zero-order valence-corrected chi connectivity index (χ0v) is 11.9. The van der Waals surface area contributed by atoms with Crippen molar-refractivity contribution in [3.63, 3.8) is 0 Å². The van der Waals surface area contributed by atoms with Crippen LogP contribution in [0.15, 0.2) is 11.6 Å². The molecule has 0 saturated carbocycles. The van der Waals surface area contributed by atoms with Crippen LogP contribution >= 0.6 is 11.6 Å². The van der Waals surface area contributed by atoms with E-state index in [0.29, 0.717) is 6.07 Å². The lowest BCUT2D eigenvalue weighted by atomic mass is 9.87. The molecule has 0 radical (unpaired) electrons. The second-order valence-corrected chi connectivity index (χ2v) is 4.95. The molecule has 0 spiro atoms. The molecule has 0 bridgehead atoms. The molecule has 1 heterocycles. The average molecular weight is 341 g/mol. The molecule has 3 nitrogen and oxygen atoms in total. The number of benzene rings is 1. The number of hydrogen-bond acceptors (Lipinski definition) is 2. The van der Waals surface area contributed by atoms with Gasteiger partial charge in [0.1, 0.15) is 5.75 Å². The summed E-state index contributed by atoms with van der Waals surface area (Å²) >= 11 is 6.02. The standard InChI is InChI=1S/C15H14ClF3O3/c1-4-8-10-7(3)12(16)6(2)5-9(10)22-13(15(17,18)19)11(8)14(20)21/h5,13H,4H2,1-3H3,(H,20,21)/i2D3,3D3. The first-order valence-corrected chi connectivity index (χ1v) is 6.47. The predicted octanol–water partition coefficient (Wildman–Crippen LogP) is 4.53. The van der Waals surface area contributed by atoms with Gasteiger partial charge in [0, 0.05) is 18.8 Å². The second-order valence-electron chi connectivity index (χ2n) is 4.58. The molecule has 120 valence electrons. The van der Waals surface area contributed by atoms with Gasteiger partial charge in [-0.1, -0.05) is 18.5 Å². The monoisotopic (exact) mass is 340 g/mol. The maximum atomic E-state index is 13.4. The Kier molecular flexibility index (Phi) is 2.54. The summed E-state index contributed by atoms with van der Waals surface area (Å²) in [4.78, 5) is 11.6. The molecule has 0 amide bonds. The fourth-order valence-electron chi connectivity index (χ4n) is 2.34.